The smallest absolute Gasteiger partial charge is 0.0575 e. The minimum absolute atomic E-state index is 0.271. The van der Waals surface area contributed by atoms with E-state index in [0.29, 0.717) is 17.9 Å². The average molecular weight is 379 g/mol. The fourth-order valence-corrected chi connectivity index (χ4v) is 4.83. The maximum atomic E-state index is 6.44. The average Bonchev–Trinajstić information content (AvgIpc) is 2.76. The van der Waals surface area contributed by atoms with Gasteiger partial charge in [0.05, 0.1) is 12.7 Å². The van der Waals surface area contributed by atoms with Gasteiger partial charge in [0, 0.05) is 25.0 Å². The maximum Gasteiger partial charge on any atom is 0.0575 e. The van der Waals surface area contributed by atoms with Crippen LogP contribution in [0, 0.1) is 5.92 Å². The van der Waals surface area contributed by atoms with Gasteiger partial charge in [-0.1, -0.05) is 60.7 Å². The molecule has 4 rings (SSSR count). The van der Waals surface area contributed by atoms with Crippen LogP contribution in [0.2, 0.25) is 0 Å². The van der Waals surface area contributed by atoms with Crippen molar-refractivity contribution in [3.8, 4) is 0 Å². The van der Waals surface area contributed by atoms with Gasteiger partial charge in [-0.15, -0.1) is 0 Å². The van der Waals surface area contributed by atoms with Crippen molar-refractivity contribution in [3.63, 3.8) is 0 Å². The topological polar surface area (TPSA) is 38.5 Å². The Morgan fingerprint density at radius 1 is 0.857 bits per heavy atom. The van der Waals surface area contributed by atoms with Gasteiger partial charge in [-0.2, -0.15) is 0 Å². The van der Waals surface area contributed by atoms with E-state index in [2.05, 4.69) is 65.6 Å². The van der Waals surface area contributed by atoms with Crippen LogP contribution in [0.3, 0.4) is 0 Å². The molecule has 2 aromatic carbocycles. The van der Waals surface area contributed by atoms with E-state index < -0.39 is 0 Å². The van der Waals surface area contributed by atoms with Crippen LogP contribution in [0.15, 0.2) is 60.7 Å². The van der Waals surface area contributed by atoms with Gasteiger partial charge >= 0.3 is 0 Å². The van der Waals surface area contributed by atoms with Gasteiger partial charge in [0.25, 0.3) is 0 Å². The summed E-state index contributed by atoms with van der Waals surface area (Å²) in [5, 5.41) is 0. The number of likely N-dealkylation sites (tertiary alicyclic amines) is 1. The van der Waals surface area contributed by atoms with Crippen molar-refractivity contribution < 1.29 is 4.74 Å². The first-order valence-electron chi connectivity index (χ1n) is 11.0. The fourth-order valence-electron chi connectivity index (χ4n) is 4.83. The molecule has 0 radical (unpaired) electrons. The summed E-state index contributed by atoms with van der Waals surface area (Å²) in [6.07, 6.45) is 6.32. The molecule has 1 aliphatic heterocycles. The third-order valence-electron chi connectivity index (χ3n) is 6.62. The first kappa shape index (κ1) is 19.6. The second kappa shape index (κ2) is 9.69. The molecule has 1 saturated heterocycles. The molecule has 3 heteroatoms. The Bertz CT molecular complexity index is 697. The number of benzene rings is 2. The van der Waals surface area contributed by atoms with Gasteiger partial charge in [0.1, 0.15) is 0 Å². The van der Waals surface area contributed by atoms with Crippen LogP contribution in [0.1, 0.15) is 49.1 Å². The molecule has 0 aromatic heterocycles. The number of nitrogens with two attached hydrogens (primary N) is 1. The molecule has 0 amide bonds. The van der Waals surface area contributed by atoms with Gasteiger partial charge in [0.15, 0.2) is 0 Å². The first-order chi connectivity index (χ1) is 13.8. The number of rotatable bonds is 6. The second-order valence-corrected chi connectivity index (χ2v) is 8.65. The summed E-state index contributed by atoms with van der Waals surface area (Å²) in [4.78, 5) is 2.54. The van der Waals surface area contributed by atoms with Crippen LogP contribution in [-0.2, 0) is 11.3 Å². The lowest BCUT2D eigenvalue weighted by molar-refractivity contribution is -0.0162. The zero-order chi connectivity index (χ0) is 19.2. The Morgan fingerprint density at radius 2 is 1.54 bits per heavy atom. The Hall–Kier alpha value is -1.68. The summed E-state index contributed by atoms with van der Waals surface area (Å²) in [5.74, 6) is 1.16. The number of ether oxygens (including phenoxy) is 1. The van der Waals surface area contributed by atoms with Gasteiger partial charge in [0.2, 0.25) is 0 Å². The third kappa shape index (κ3) is 5.22. The summed E-state index contributed by atoms with van der Waals surface area (Å²) in [6, 6.07) is 22.0. The van der Waals surface area contributed by atoms with E-state index in [0.717, 1.165) is 32.7 Å². The first-order valence-corrected chi connectivity index (χ1v) is 11.0. The van der Waals surface area contributed by atoms with Crippen molar-refractivity contribution in [2.45, 2.75) is 56.7 Å². The Labute approximate surface area is 169 Å². The van der Waals surface area contributed by atoms with E-state index >= 15 is 0 Å². The fraction of sp³-hybridized carbons (Fsp3) is 0.520. The van der Waals surface area contributed by atoms with E-state index in [9.17, 15) is 0 Å². The molecule has 2 N–H and O–H groups in total. The summed E-state index contributed by atoms with van der Waals surface area (Å²) < 4.78 is 6.37. The number of nitrogens with zero attached hydrogens (tertiary/aromatic N) is 1. The number of hydrogen-bond donors (Lipinski definition) is 1. The van der Waals surface area contributed by atoms with E-state index in [1.54, 1.807) is 0 Å². The highest BCUT2D eigenvalue weighted by atomic mass is 16.5. The van der Waals surface area contributed by atoms with E-state index in [1.807, 2.05) is 0 Å². The van der Waals surface area contributed by atoms with Crippen molar-refractivity contribution >= 4 is 0 Å². The molecule has 1 unspecified atom stereocenters. The molecule has 2 aliphatic rings. The molecule has 2 fully saturated rings. The highest BCUT2D eigenvalue weighted by Gasteiger charge is 2.29. The lowest BCUT2D eigenvalue weighted by Crippen LogP contribution is -2.48. The molecule has 0 bridgehead atoms. The standard InChI is InChI=1S/C25H34N2O/c26-25-15-16-27(17-20-7-3-1-4-8-20)18-23(25)19-28-24-13-11-22(12-14-24)21-9-5-2-6-10-21/h1-10,22-25H,11-19,26H2/t22-,23-,24+,25?/m0/s1. The largest absolute Gasteiger partial charge is 0.378 e. The van der Waals surface area contributed by atoms with E-state index in [-0.39, 0.29) is 6.04 Å². The third-order valence-corrected chi connectivity index (χ3v) is 6.62. The summed E-state index contributed by atoms with van der Waals surface area (Å²) in [6.45, 7) is 3.98. The summed E-state index contributed by atoms with van der Waals surface area (Å²) in [5.41, 5.74) is 9.32. The predicted octanol–water partition coefficient (Wildman–Crippen LogP) is 4.58. The van der Waals surface area contributed by atoms with E-state index in [4.69, 9.17) is 10.5 Å². The van der Waals surface area contributed by atoms with Crippen LogP contribution in [0.5, 0.6) is 0 Å². The molecule has 150 valence electrons. The van der Waals surface area contributed by atoms with Crippen LogP contribution < -0.4 is 5.73 Å². The maximum absolute atomic E-state index is 6.44. The molecule has 2 aromatic rings. The SMILES string of the molecule is NC1CCN(Cc2ccccc2)C[C@H]1CO[C@H]1CC[C@@H](c2ccccc2)CC1. The molecular weight excluding hydrogens is 344 g/mol. The zero-order valence-electron chi connectivity index (χ0n) is 16.9. The van der Waals surface area contributed by atoms with Crippen LogP contribution in [0.4, 0.5) is 0 Å². The van der Waals surface area contributed by atoms with Gasteiger partial charge in [-0.3, -0.25) is 4.90 Å². The molecule has 1 saturated carbocycles. The number of hydrogen-bond acceptors (Lipinski definition) is 3. The second-order valence-electron chi connectivity index (χ2n) is 8.65. The monoisotopic (exact) mass is 378 g/mol. The van der Waals surface area contributed by atoms with Gasteiger partial charge in [-0.05, 0) is 55.7 Å². The van der Waals surface area contributed by atoms with Crippen molar-refractivity contribution in [2.24, 2.45) is 11.7 Å². The Kier molecular flexibility index (Phi) is 6.79. The van der Waals surface area contributed by atoms with Crippen LogP contribution in [-0.4, -0.2) is 36.7 Å². The lowest BCUT2D eigenvalue weighted by atomic mass is 9.82. The van der Waals surface area contributed by atoms with Crippen molar-refractivity contribution in [3.05, 3.63) is 71.8 Å². The van der Waals surface area contributed by atoms with E-state index in [1.165, 1.54) is 36.8 Å². The zero-order valence-corrected chi connectivity index (χ0v) is 16.9. The highest BCUT2D eigenvalue weighted by Crippen LogP contribution is 2.34. The normalized spacial score (nSPS) is 28.9. The summed E-state index contributed by atoms with van der Waals surface area (Å²) in [7, 11) is 0. The summed E-state index contributed by atoms with van der Waals surface area (Å²) >= 11 is 0. The van der Waals surface area contributed by atoms with Crippen molar-refractivity contribution in [2.75, 3.05) is 19.7 Å². The molecule has 2 atom stereocenters. The lowest BCUT2D eigenvalue weighted by Gasteiger charge is -2.38. The van der Waals surface area contributed by atoms with Gasteiger partial charge in [-0.25, -0.2) is 0 Å². The Morgan fingerprint density at radius 3 is 2.25 bits per heavy atom. The predicted molar refractivity (Wildman–Crippen MR) is 115 cm³/mol. The van der Waals surface area contributed by atoms with Crippen molar-refractivity contribution in [1.29, 1.82) is 0 Å². The molecule has 1 heterocycles. The number of piperidine rings is 1. The van der Waals surface area contributed by atoms with Gasteiger partial charge < -0.3 is 10.5 Å². The quantitative estimate of drug-likeness (QED) is 0.800. The Balaban J connectivity index is 1.23. The molecule has 3 nitrogen and oxygen atoms in total. The minimum Gasteiger partial charge on any atom is -0.378 e. The molecule has 28 heavy (non-hydrogen) atoms. The highest BCUT2D eigenvalue weighted by molar-refractivity contribution is 5.20. The van der Waals surface area contributed by atoms with Crippen LogP contribution >= 0.6 is 0 Å². The molecule has 0 spiro atoms. The molecule has 1 aliphatic carbocycles. The van der Waals surface area contributed by atoms with Crippen molar-refractivity contribution in [1.82, 2.24) is 4.90 Å². The van der Waals surface area contributed by atoms with Crippen LogP contribution in [0.25, 0.3) is 0 Å². The minimum atomic E-state index is 0.271. The molecular formula is C25H34N2O.